The summed E-state index contributed by atoms with van der Waals surface area (Å²) < 4.78 is 17.5. The molecule has 0 bridgehead atoms. The van der Waals surface area contributed by atoms with E-state index in [1.807, 2.05) is 6.07 Å². The lowest BCUT2D eigenvalue weighted by atomic mass is 9.93. The first-order valence-corrected chi connectivity index (χ1v) is 10.6. The number of methoxy groups -OCH3 is 2. The molecule has 31 heavy (non-hydrogen) atoms. The first-order chi connectivity index (χ1) is 15.1. The number of ether oxygens (including phenoxy) is 3. The van der Waals surface area contributed by atoms with Crippen molar-refractivity contribution >= 4 is 0 Å². The van der Waals surface area contributed by atoms with Gasteiger partial charge in [-0.15, -0.1) is 0 Å². The van der Waals surface area contributed by atoms with Crippen molar-refractivity contribution in [1.82, 2.24) is 4.90 Å². The fourth-order valence-electron chi connectivity index (χ4n) is 4.46. The van der Waals surface area contributed by atoms with Crippen molar-refractivity contribution in [2.45, 2.75) is 32.2 Å². The van der Waals surface area contributed by atoms with Crippen molar-refractivity contribution < 1.29 is 19.3 Å². The quantitative estimate of drug-likeness (QED) is 0.554. The van der Waals surface area contributed by atoms with Crippen LogP contribution in [0.2, 0.25) is 0 Å². The molecule has 0 aromatic heterocycles. The summed E-state index contributed by atoms with van der Waals surface area (Å²) in [5, 5.41) is 10.3. The Labute approximate surface area is 183 Å². The lowest BCUT2D eigenvalue weighted by molar-refractivity contribution is -0.135. The predicted molar refractivity (Wildman–Crippen MR) is 120 cm³/mol. The number of phenolic OH excluding ortho intramolecular Hbond substituents is 1. The maximum absolute atomic E-state index is 10.3. The van der Waals surface area contributed by atoms with E-state index in [1.165, 1.54) is 25.3 Å². The van der Waals surface area contributed by atoms with Crippen molar-refractivity contribution in [1.29, 1.82) is 0 Å². The molecule has 0 spiro atoms. The minimum absolute atomic E-state index is 0.00894. The number of benzene rings is 3. The predicted octanol–water partition coefficient (Wildman–Crippen LogP) is 5.05. The summed E-state index contributed by atoms with van der Waals surface area (Å²) in [5.74, 6) is 0.721. The molecular formula is C26H29NO4. The largest absolute Gasteiger partial charge is 0.502 e. The number of hydrogen-bond acceptors (Lipinski definition) is 5. The summed E-state index contributed by atoms with van der Waals surface area (Å²) in [6.07, 6.45) is 1.02. The molecule has 3 aromatic rings. The van der Waals surface area contributed by atoms with Gasteiger partial charge in [0.15, 0.2) is 17.2 Å². The summed E-state index contributed by atoms with van der Waals surface area (Å²) in [4.78, 5) is 2.40. The van der Waals surface area contributed by atoms with Crippen LogP contribution >= 0.6 is 0 Å². The van der Waals surface area contributed by atoms with E-state index in [0.29, 0.717) is 18.1 Å². The Kier molecular flexibility index (Phi) is 6.16. The normalized spacial score (nSPS) is 18.0. The third-order valence-corrected chi connectivity index (χ3v) is 5.83. The van der Waals surface area contributed by atoms with Gasteiger partial charge in [-0.05, 0) is 29.7 Å². The molecule has 1 unspecified atom stereocenters. The van der Waals surface area contributed by atoms with Crippen LogP contribution in [-0.2, 0) is 23.6 Å². The van der Waals surface area contributed by atoms with Crippen LogP contribution in [0.3, 0.4) is 0 Å². The fourth-order valence-corrected chi connectivity index (χ4v) is 4.46. The monoisotopic (exact) mass is 419 g/mol. The second kappa shape index (κ2) is 9.00. The molecular weight excluding hydrogens is 390 g/mol. The number of nitrogens with zero attached hydrogens (tertiary/aromatic N) is 1. The highest BCUT2D eigenvalue weighted by atomic mass is 16.5. The summed E-state index contributed by atoms with van der Waals surface area (Å²) >= 11 is 0. The van der Waals surface area contributed by atoms with Crippen LogP contribution in [-0.4, -0.2) is 30.8 Å². The Morgan fingerprint density at radius 2 is 1.58 bits per heavy atom. The Hall–Kier alpha value is -3.02. The molecule has 1 heterocycles. The number of rotatable bonds is 8. The van der Waals surface area contributed by atoms with Crippen molar-refractivity contribution in [3.05, 3.63) is 89.0 Å². The van der Waals surface area contributed by atoms with E-state index >= 15 is 0 Å². The van der Waals surface area contributed by atoms with Crippen LogP contribution in [0.5, 0.6) is 17.2 Å². The highest BCUT2D eigenvalue weighted by molar-refractivity contribution is 5.53. The maximum atomic E-state index is 10.3. The summed E-state index contributed by atoms with van der Waals surface area (Å²) in [7, 11) is 3.06. The van der Waals surface area contributed by atoms with E-state index in [4.69, 9.17) is 14.2 Å². The minimum atomic E-state index is -0.688. The number of aromatic hydroxyl groups is 1. The molecule has 1 aliphatic rings. The van der Waals surface area contributed by atoms with E-state index in [0.717, 1.165) is 30.6 Å². The van der Waals surface area contributed by atoms with Crippen LogP contribution in [0.1, 0.15) is 35.6 Å². The molecule has 0 saturated carbocycles. The van der Waals surface area contributed by atoms with Crippen molar-refractivity contribution in [2.75, 3.05) is 20.8 Å². The summed E-state index contributed by atoms with van der Waals surface area (Å²) in [6, 6.07) is 22.5. The fraction of sp³-hybridized carbons (Fsp3) is 0.308. The van der Waals surface area contributed by atoms with Gasteiger partial charge in [-0.25, -0.2) is 0 Å². The van der Waals surface area contributed by atoms with E-state index in [2.05, 4.69) is 60.4 Å². The molecule has 3 aromatic carbocycles. The molecule has 5 nitrogen and oxygen atoms in total. The van der Waals surface area contributed by atoms with E-state index in [1.54, 1.807) is 12.1 Å². The third kappa shape index (κ3) is 3.75. The van der Waals surface area contributed by atoms with Gasteiger partial charge in [-0.2, -0.15) is 0 Å². The Balaban J connectivity index is 1.79. The number of fused-ring (bicyclic) bond motifs is 1. The Bertz CT molecular complexity index is 1010. The van der Waals surface area contributed by atoms with Gasteiger partial charge in [-0.3, -0.25) is 4.90 Å². The second-order valence-electron chi connectivity index (χ2n) is 7.73. The molecule has 5 heteroatoms. The van der Waals surface area contributed by atoms with E-state index < -0.39 is 5.72 Å². The minimum Gasteiger partial charge on any atom is -0.502 e. The van der Waals surface area contributed by atoms with Gasteiger partial charge >= 0.3 is 0 Å². The molecule has 0 radical (unpaired) electrons. The highest BCUT2D eigenvalue weighted by Gasteiger charge is 2.47. The summed E-state index contributed by atoms with van der Waals surface area (Å²) in [5.41, 5.74) is 3.73. The van der Waals surface area contributed by atoms with Crippen LogP contribution in [0.25, 0.3) is 0 Å². The van der Waals surface area contributed by atoms with Gasteiger partial charge in [0.05, 0.1) is 20.8 Å². The van der Waals surface area contributed by atoms with Gasteiger partial charge in [0.1, 0.15) is 0 Å². The third-order valence-electron chi connectivity index (χ3n) is 5.83. The Morgan fingerprint density at radius 3 is 2.23 bits per heavy atom. The molecule has 1 aliphatic heterocycles. The lowest BCUT2D eigenvalue weighted by Crippen LogP contribution is -2.44. The number of phenols is 1. The van der Waals surface area contributed by atoms with Crippen molar-refractivity contribution in [3.8, 4) is 17.2 Å². The maximum Gasteiger partial charge on any atom is 0.200 e. The zero-order valence-electron chi connectivity index (χ0n) is 18.3. The van der Waals surface area contributed by atoms with E-state index in [-0.39, 0.29) is 5.75 Å². The molecule has 0 amide bonds. The zero-order chi connectivity index (χ0) is 21.8. The first-order valence-electron chi connectivity index (χ1n) is 10.6. The topological polar surface area (TPSA) is 51.2 Å². The van der Waals surface area contributed by atoms with Crippen molar-refractivity contribution in [3.63, 3.8) is 0 Å². The summed E-state index contributed by atoms with van der Waals surface area (Å²) in [6.45, 7) is 4.26. The highest BCUT2D eigenvalue weighted by Crippen LogP contribution is 2.46. The molecule has 0 fully saturated rings. The molecule has 162 valence electrons. The molecule has 4 rings (SSSR count). The van der Waals surface area contributed by atoms with Gasteiger partial charge in [-0.1, -0.05) is 61.5 Å². The zero-order valence-corrected chi connectivity index (χ0v) is 18.3. The molecule has 0 aliphatic carbocycles. The SMILES string of the molecule is CCCN1Cc2ccccc2C1(OCc1cc(OC)c(O)c(OC)c1)c1ccccc1. The molecule has 1 atom stereocenters. The smallest absolute Gasteiger partial charge is 0.200 e. The van der Waals surface area contributed by atoms with Gasteiger partial charge in [0.25, 0.3) is 0 Å². The number of hydrogen-bond donors (Lipinski definition) is 1. The Morgan fingerprint density at radius 1 is 0.935 bits per heavy atom. The van der Waals surface area contributed by atoms with Crippen LogP contribution in [0, 0.1) is 0 Å². The van der Waals surface area contributed by atoms with E-state index in [9.17, 15) is 5.11 Å². The molecule has 1 N–H and O–H groups in total. The van der Waals surface area contributed by atoms with Gasteiger partial charge in [0, 0.05) is 24.2 Å². The average molecular weight is 420 g/mol. The molecule has 0 saturated heterocycles. The van der Waals surface area contributed by atoms with Crippen LogP contribution in [0.15, 0.2) is 66.7 Å². The van der Waals surface area contributed by atoms with Crippen LogP contribution < -0.4 is 9.47 Å². The van der Waals surface area contributed by atoms with Crippen molar-refractivity contribution in [2.24, 2.45) is 0 Å². The lowest BCUT2D eigenvalue weighted by Gasteiger charge is -2.39. The van der Waals surface area contributed by atoms with Gasteiger partial charge < -0.3 is 19.3 Å². The standard InChI is InChI=1S/C26H29NO4/c1-4-14-27-17-20-10-8-9-13-22(20)26(27,21-11-6-5-7-12-21)31-18-19-15-23(29-2)25(28)24(16-19)30-3/h5-13,15-16,28H,4,14,17-18H2,1-3H3. The second-order valence-corrected chi connectivity index (χ2v) is 7.73. The van der Waals surface area contributed by atoms with Crippen LogP contribution in [0.4, 0.5) is 0 Å². The average Bonchev–Trinajstić information content (AvgIpc) is 3.13. The van der Waals surface area contributed by atoms with Gasteiger partial charge in [0.2, 0.25) is 5.75 Å². The first kappa shape index (κ1) is 21.2.